The lowest BCUT2D eigenvalue weighted by Crippen LogP contribution is -2.36. The fraction of sp³-hybridized carbons (Fsp3) is 0.286. The molecule has 0 unspecified atom stereocenters. The Morgan fingerprint density at radius 2 is 1.41 bits per heavy atom. The van der Waals surface area contributed by atoms with E-state index in [0.717, 1.165) is 11.1 Å². The van der Waals surface area contributed by atoms with Crippen molar-refractivity contribution in [2.24, 2.45) is 0 Å². The standard InChI is InChI=1S/C21H22O6/c1-14-3-7-16(8-4-14)20(24)26-13-18(23)19(11-12-22)27-21(25)17-9-5-15(2)6-10-17/h3-10,12,18-19,23H,11,13H2,1-2H3/t18-,19+/m1/s1. The highest BCUT2D eigenvalue weighted by Crippen LogP contribution is 2.12. The Bertz CT molecular complexity index is 779. The number of aryl methyl sites for hydroxylation is 2. The topological polar surface area (TPSA) is 89.9 Å². The van der Waals surface area contributed by atoms with Gasteiger partial charge in [0.2, 0.25) is 0 Å². The van der Waals surface area contributed by atoms with E-state index in [2.05, 4.69) is 0 Å². The zero-order valence-electron chi connectivity index (χ0n) is 15.3. The van der Waals surface area contributed by atoms with Crippen LogP contribution in [-0.4, -0.2) is 42.1 Å². The molecule has 0 heterocycles. The molecule has 0 fully saturated rings. The molecule has 0 saturated carbocycles. The van der Waals surface area contributed by atoms with E-state index in [4.69, 9.17) is 9.47 Å². The van der Waals surface area contributed by atoms with Crippen molar-refractivity contribution in [3.05, 3.63) is 70.8 Å². The summed E-state index contributed by atoms with van der Waals surface area (Å²) in [6, 6.07) is 13.5. The zero-order valence-corrected chi connectivity index (χ0v) is 15.3. The smallest absolute Gasteiger partial charge is 0.338 e. The molecule has 0 aliphatic carbocycles. The van der Waals surface area contributed by atoms with Crippen molar-refractivity contribution in [2.45, 2.75) is 32.5 Å². The van der Waals surface area contributed by atoms with Crippen molar-refractivity contribution in [1.29, 1.82) is 0 Å². The molecule has 2 aromatic carbocycles. The highest BCUT2D eigenvalue weighted by Gasteiger charge is 2.25. The van der Waals surface area contributed by atoms with Crippen LogP contribution in [0.1, 0.15) is 38.3 Å². The first-order valence-electron chi connectivity index (χ1n) is 8.54. The minimum Gasteiger partial charge on any atom is -0.459 e. The predicted octanol–water partition coefficient (Wildman–Crippen LogP) is 2.64. The minimum absolute atomic E-state index is 0.207. The van der Waals surface area contributed by atoms with E-state index in [0.29, 0.717) is 17.4 Å². The summed E-state index contributed by atoms with van der Waals surface area (Å²) in [5.41, 5.74) is 2.64. The van der Waals surface area contributed by atoms with E-state index in [1.54, 1.807) is 48.5 Å². The Hall–Kier alpha value is -2.99. The highest BCUT2D eigenvalue weighted by molar-refractivity contribution is 5.90. The van der Waals surface area contributed by atoms with Crippen LogP contribution in [0.4, 0.5) is 0 Å². The molecular formula is C21H22O6. The van der Waals surface area contributed by atoms with Gasteiger partial charge in [-0.05, 0) is 38.1 Å². The van der Waals surface area contributed by atoms with Crippen LogP contribution >= 0.6 is 0 Å². The van der Waals surface area contributed by atoms with Gasteiger partial charge >= 0.3 is 11.9 Å². The first kappa shape index (κ1) is 20.3. The van der Waals surface area contributed by atoms with E-state index in [9.17, 15) is 19.5 Å². The van der Waals surface area contributed by atoms with Gasteiger partial charge in [-0.25, -0.2) is 9.59 Å². The summed E-state index contributed by atoms with van der Waals surface area (Å²) in [6.45, 7) is 3.38. The maximum atomic E-state index is 12.2. The quantitative estimate of drug-likeness (QED) is 0.567. The number of aliphatic hydroxyl groups excluding tert-OH is 1. The van der Waals surface area contributed by atoms with Crippen LogP contribution in [0.5, 0.6) is 0 Å². The van der Waals surface area contributed by atoms with E-state index in [1.807, 2.05) is 13.8 Å². The van der Waals surface area contributed by atoms with E-state index in [1.165, 1.54) is 0 Å². The van der Waals surface area contributed by atoms with Gasteiger partial charge in [0.15, 0.2) is 0 Å². The molecule has 6 heteroatoms. The van der Waals surface area contributed by atoms with Crippen LogP contribution in [-0.2, 0) is 14.3 Å². The summed E-state index contributed by atoms with van der Waals surface area (Å²) < 4.78 is 10.3. The van der Waals surface area contributed by atoms with Gasteiger partial charge < -0.3 is 19.4 Å². The molecule has 0 radical (unpaired) electrons. The molecule has 0 aromatic heterocycles. The number of ether oxygens (including phenoxy) is 2. The number of aliphatic hydroxyl groups is 1. The van der Waals surface area contributed by atoms with Gasteiger partial charge in [0.05, 0.1) is 11.1 Å². The molecule has 2 aromatic rings. The summed E-state index contributed by atoms with van der Waals surface area (Å²) in [5.74, 6) is -1.27. The van der Waals surface area contributed by atoms with Gasteiger partial charge in [-0.15, -0.1) is 0 Å². The lowest BCUT2D eigenvalue weighted by atomic mass is 10.1. The Balaban J connectivity index is 1.95. The molecule has 0 amide bonds. The SMILES string of the molecule is Cc1ccc(C(=O)OC[C@@H](O)[C@H](CC=O)OC(=O)c2ccc(C)cc2)cc1. The van der Waals surface area contributed by atoms with Crippen LogP contribution in [0.2, 0.25) is 0 Å². The third kappa shape index (κ3) is 6.04. The Labute approximate surface area is 157 Å². The molecular weight excluding hydrogens is 348 g/mol. The molecule has 142 valence electrons. The van der Waals surface area contributed by atoms with Gasteiger partial charge in [0.25, 0.3) is 0 Å². The molecule has 0 aliphatic rings. The first-order valence-corrected chi connectivity index (χ1v) is 8.54. The molecule has 0 aliphatic heterocycles. The first-order chi connectivity index (χ1) is 12.9. The molecule has 0 saturated heterocycles. The zero-order chi connectivity index (χ0) is 19.8. The summed E-state index contributed by atoms with van der Waals surface area (Å²) in [4.78, 5) is 35.0. The average molecular weight is 370 g/mol. The monoisotopic (exact) mass is 370 g/mol. The van der Waals surface area contributed by atoms with Gasteiger partial charge in [0, 0.05) is 6.42 Å². The molecule has 6 nitrogen and oxygen atoms in total. The number of carbonyl (C=O) groups is 3. The minimum atomic E-state index is -1.32. The predicted molar refractivity (Wildman–Crippen MR) is 98.5 cm³/mol. The van der Waals surface area contributed by atoms with Crippen LogP contribution in [0, 0.1) is 13.8 Å². The fourth-order valence-electron chi connectivity index (χ4n) is 2.32. The number of benzene rings is 2. The fourth-order valence-corrected chi connectivity index (χ4v) is 2.32. The van der Waals surface area contributed by atoms with Crippen LogP contribution in [0.3, 0.4) is 0 Å². The van der Waals surface area contributed by atoms with E-state index < -0.39 is 30.8 Å². The lowest BCUT2D eigenvalue weighted by molar-refractivity contribution is -0.112. The van der Waals surface area contributed by atoms with Crippen molar-refractivity contribution in [3.8, 4) is 0 Å². The Kier molecular flexibility index (Phi) is 7.25. The maximum Gasteiger partial charge on any atom is 0.338 e. The van der Waals surface area contributed by atoms with Crippen molar-refractivity contribution in [2.75, 3.05) is 6.61 Å². The second-order valence-corrected chi connectivity index (χ2v) is 6.24. The van der Waals surface area contributed by atoms with Gasteiger partial charge in [-0.3, -0.25) is 0 Å². The van der Waals surface area contributed by atoms with Gasteiger partial charge in [-0.2, -0.15) is 0 Å². The molecule has 2 atom stereocenters. The number of rotatable bonds is 8. The second-order valence-electron chi connectivity index (χ2n) is 6.24. The molecule has 27 heavy (non-hydrogen) atoms. The van der Waals surface area contributed by atoms with Crippen LogP contribution < -0.4 is 0 Å². The van der Waals surface area contributed by atoms with Gasteiger partial charge in [-0.1, -0.05) is 35.4 Å². The molecule has 0 bridgehead atoms. The Morgan fingerprint density at radius 3 is 1.89 bits per heavy atom. The van der Waals surface area contributed by atoms with Crippen LogP contribution in [0.25, 0.3) is 0 Å². The molecule has 0 spiro atoms. The number of hydrogen-bond donors (Lipinski definition) is 1. The number of esters is 2. The lowest BCUT2D eigenvalue weighted by Gasteiger charge is -2.21. The summed E-state index contributed by atoms with van der Waals surface area (Å²) in [6.07, 6.45) is -2.10. The summed E-state index contributed by atoms with van der Waals surface area (Å²) in [7, 11) is 0. The normalized spacial score (nSPS) is 12.7. The summed E-state index contributed by atoms with van der Waals surface area (Å²) >= 11 is 0. The largest absolute Gasteiger partial charge is 0.459 e. The number of hydrogen-bond acceptors (Lipinski definition) is 6. The third-order valence-corrected chi connectivity index (χ3v) is 3.98. The van der Waals surface area contributed by atoms with Crippen LogP contribution in [0.15, 0.2) is 48.5 Å². The molecule has 2 rings (SSSR count). The third-order valence-electron chi connectivity index (χ3n) is 3.98. The van der Waals surface area contributed by atoms with E-state index >= 15 is 0 Å². The van der Waals surface area contributed by atoms with E-state index in [-0.39, 0.29) is 6.42 Å². The average Bonchev–Trinajstić information content (AvgIpc) is 2.66. The number of aldehydes is 1. The number of carbonyl (C=O) groups excluding carboxylic acids is 3. The van der Waals surface area contributed by atoms with Crippen molar-refractivity contribution in [1.82, 2.24) is 0 Å². The Morgan fingerprint density at radius 1 is 0.926 bits per heavy atom. The van der Waals surface area contributed by atoms with Crippen molar-refractivity contribution >= 4 is 18.2 Å². The maximum absolute atomic E-state index is 12.2. The summed E-state index contributed by atoms with van der Waals surface area (Å²) in [5, 5.41) is 10.2. The van der Waals surface area contributed by atoms with Gasteiger partial charge in [0.1, 0.15) is 25.1 Å². The van der Waals surface area contributed by atoms with Crippen molar-refractivity contribution < 1.29 is 29.0 Å². The van der Waals surface area contributed by atoms with Crippen molar-refractivity contribution in [3.63, 3.8) is 0 Å². The highest BCUT2D eigenvalue weighted by atomic mass is 16.6. The molecule has 1 N–H and O–H groups in total. The second kappa shape index (κ2) is 9.64.